The predicted octanol–water partition coefficient (Wildman–Crippen LogP) is 5.28. The molecule has 0 fully saturated rings. The molecule has 0 heterocycles. The van der Waals surface area contributed by atoms with Gasteiger partial charge in [-0.2, -0.15) is 0 Å². The second-order valence-electron chi connectivity index (χ2n) is 8.78. The van der Waals surface area contributed by atoms with Crippen LogP contribution >= 0.6 is 0 Å². The largest absolute Gasteiger partial charge is 0.289 e. The van der Waals surface area contributed by atoms with E-state index in [4.69, 9.17) is 0 Å². The zero-order valence-electron chi connectivity index (χ0n) is 15.9. The molecule has 134 valence electrons. The zero-order chi connectivity index (χ0) is 19.0. The molecule has 0 aliphatic heterocycles. The van der Waals surface area contributed by atoms with Crippen LogP contribution in [0.15, 0.2) is 47.6 Å². The first-order valence-electron chi connectivity index (χ1n) is 8.62. The van der Waals surface area contributed by atoms with Crippen LogP contribution in [-0.4, -0.2) is 10.7 Å². The topological polar surface area (TPSA) is 60.2 Å². The number of benzene rings is 1. The average molecular weight is 341 g/mol. The molecule has 1 aromatic carbocycles. The molecule has 4 heteroatoms. The van der Waals surface area contributed by atoms with Crippen LogP contribution in [0.25, 0.3) is 0 Å². The maximum absolute atomic E-state index is 12.9. The number of non-ortho nitro benzene ring substituents is 1. The lowest BCUT2D eigenvalue weighted by molar-refractivity contribution is -0.384. The summed E-state index contributed by atoms with van der Waals surface area (Å²) in [5.41, 5.74) is 2.41. The normalized spacial score (nSPS) is 16.5. The molecule has 4 nitrogen and oxygen atoms in total. The molecule has 1 aromatic rings. The molecule has 0 aromatic heterocycles. The van der Waals surface area contributed by atoms with Crippen LogP contribution in [0.1, 0.15) is 47.1 Å². The Hall–Kier alpha value is -2.23. The quantitative estimate of drug-likeness (QED) is 0.555. The summed E-state index contributed by atoms with van der Waals surface area (Å²) in [5, 5.41) is 10.8. The van der Waals surface area contributed by atoms with Gasteiger partial charge < -0.3 is 0 Å². The Kier molecular flexibility index (Phi) is 5.03. The highest BCUT2D eigenvalue weighted by atomic mass is 16.6. The molecule has 0 unspecified atom stereocenters. The van der Waals surface area contributed by atoms with E-state index in [1.807, 2.05) is 0 Å². The minimum Gasteiger partial charge on any atom is -0.289 e. The van der Waals surface area contributed by atoms with Crippen molar-refractivity contribution in [2.45, 2.75) is 48.0 Å². The van der Waals surface area contributed by atoms with E-state index in [9.17, 15) is 14.9 Å². The number of hydrogen-bond acceptors (Lipinski definition) is 3. The van der Waals surface area contributed by atoms with Gasteiger partial charge in [0.15, 0.2) is 5.78 Å². The Balaban J connectivity index is 2.36. The maximum atomic E-state index is 12.9. The van der Waals surface area contributed by atoms with Crippen molar-refractivity contribution in [3.05, 3.63) is 63.2 Å². The van der Waals surface area contributed by atoms with Crippen molar-refractivity contribution < 1.29 is 9.72 Å². The number of ketones is 1. The molecule has 1 aliphatic carbocycles. The summed E-state index contributed by atoms with van der Waals surface area (Å²) in [6.07, 6.45) is 4.86. The Bertz CT molecular complexity index is 707. The summed E-state index contributed by atoms with van der Waals surface area (Å²) in [5.74, 6) is 0.252. The monoisotopic (exact) mass is 341 g/mol. The highest BCUT2D eigenvalue weighted by Gasteiger charge is 2.35. The second-order valence-corrected chi connectivity index (χ2v) is 8.78. The van der Waals surface area contributed by atoms with Crippen molar-refractivity contribution >= 4 is 11.5 Å². The zero-order valence-corrected chi connectivity index (χ0v) is 15.9. The second kappa shape index (κ2) is 6.58. The van der Waals surface area contributed by atoms with Crippen molar-refractivity contribution in [1.29, 1.82) is 0 Å². The molecule has 0 radical (unpaired) electrons. The van der Waals surface area contributed by atoms with Crippen LogP contribution in [0.3, 0.4) is 0 Å². The van der Waals surface area contributed by atoms with E-state index >= 15 is 0 Å². The molecule has 0 amide bonds. The van der Waals surface area contributed by atoms with Gasteiger partial charge in [-0.25, -0.2) is 0 Å². The first-order chi connectivity index (χ1) is 11.4. The van der Waals surface area contributed by atoms with Crippen LogP contribution in [-0.2, 0) is 11.2 Å². The van der Waals surface area contributed by atoms with Crippen molar-refractivity contribution in [2.75, 3.05) is 0 Å². The van der Waals surface area contributed by atoms with Crippen molar-refractivity contribution in [3.63, 3.8) is 0 Å². The first kappa shape index (κ1) is 19.1. The molecule has 0 spiro atoms. The number of Topliss-reactive ketones (excluding diaryl/α,β-unsaturated/α-hetero) is 1. The maximum Gasteiger partial charge on any atom is 0.269 e. The van der Waals surface area contributed by atoms with Gasteiger partial charge in [0.25, 0.3) is 5.69 Å². The number of carbonyl (C=O) groups excluding carboxylic acids is 1. The number of nitro groups is 1. The number of carbonyl (C=O) groups is 1. The number of nitrogens with zero attached hydrogens (tertiary/aromatic N) is 1. The average Bonchev–Trinajstić information content (AvgIpc) is 2.47. The fraction of sp³-hybridized carbons (Fsp3) is 0.476. The van der Waals surface area contributed by atoms with E-state index in [1.54, 1.807) is 12.1 Å². The van der Waals surface area contributed by atoms with Gasteiger partial charge >= 0.3 is 0 Å². The van der Waals surface area contributed by atoms with Gasteiger partial charge in [-0.05, 0) is 22.8 Å². The number of hydrogen-bond donors (Lipinski definition) is 0. The minimum atomic E-state index is -0.391. The summed E-state index contributed by atoms with van der Waals surface area (Å²) in [7, 11) is 0. The number of nitro benzene ring substituents is 1. The van der Waals surface area contributed by atoms with Gasteiger partial charge in [-0.3, -0.25) is 14.9 Å². The summed E-state index contributed by atoms with van der Waals surface area (Å²) >= 11 is 0. The first-order valence-corrected chi connectivity index (χ1v) is 8.62. The van der Waals surface area contributed by atoms with Crippen molar-refractivity contribution in [3.8, 4) is 0 Å². The smallest absolute Gasteiger partial charge is 0.269 e. The van der Waals surface area contributed by atoms with E-state index in [0.29, 0.717) is 0 Å². The molecule has 1 aliphatic rings. The molecule has 0 saturated carbocycles. The van der Waals surface area contributed by atoms with Gasteiger partial charge in [0.05, 0.1) is 4.92 Å². The molecule has 0 N–H and O–H groups in total. The van der Waals surface area contributed by atoms with Crippen LogP contribution < -0.4 is 0 Å². The van der Waals surface area contributed by atoms with Crippen molar-refractivity contribution in [2.24, 2.45) is 16.7 Å². The Morgan fingerprint density at radius 2 is 1.36 bits per heavy atom. The molecule has 25 heavy (non-hydrogen) atoms. The number of allylic oxidation sites excluding steroid dienone is 4. The van der Waals surface area contributed by atoms with Crippen LogP contribution in [0.2, 0.25) is 0 Å². The van der Waals surface area contributed by atoms with Crippen LogP contribution in [0.4, 0.5) is 5.69 Å². The summed E-state index contributed by atoms with van der Waals surface area (Å²) in [4.78, 5) is 23.3. The van der Waals surface area contributed by atoms with Gasteiger partial charge in [0.1, 0.15) is 0 Å². The fourth-order valence-electron chi connectivity index (χ4n) is 3.10. The number of rotatable bonds is 3. The Labute approximate surface area is 149 Å². The molecule has 0 bridgehead atoms. The van der Waals surface area contributed by atoms with E-state index < -0.39 is 4.92 Å². The van der Waals surface area contributed by atoms with Gasteiger partial charge in [0.2, 0.25) is 0 Å². The van der Waals surface area contributed by atoms with Crippen molar-refractivity contribution in [1.82, 2.24) is 0 Å². The van der Waals surface area contributed by atoms with Gasteiger partial charge in [0, 0.05) is 29.2 Å². The summed E-state index contributed by atoms with van der Waals surface area (Å²) in [6.45, 7) is 12.4. The Morgan fingerprint density at radius 3 is 1.72 bits per heavy atom. The Morgan fingerprint density at radius 1 is 0.920 bits per heavy atom. The van der Waals surface area contributed by atoms with Gasteiger partial charge in [-0.15, -0.1) is 0 Å². The van der Waals surface area contributed by atoms with E-state index in [-0.39, 0.29) is 28.2 Å². The lowest BCUT2D eigenvalue weighted by Gasteiger charge is -2.33. The molecule has 0 atom stereocenters. The van der Waals surface area contributed by atoms with Crippen LogP contribution in [0, 0.1) is 26.9 Å². The van der Waals surface area contributed by atoms with Gasteiger partial charge in [-0.1, -0.05) is 65.8 Å². The third-order valence-corrected chi connectivity index (χ3v) is 4.49. The van der Waals surface area contributed by atoms with E-state index in [1.165, 1.54) is 12.1 Å². The lowest BCUT2D eigenvalue weighted by atomic mass is 9.70. The summed E-state index contributed by atoms with van der Waals surface area (Å²) < 4.78 is 0. The third-order valence-electron chi connectivity index (χ3n) is 4.49. The van der Waals surface area contributed by atoms with E-state index in [2.05, 4.69) is 53.7 Å². The summed E-state index contributed by atoms with van der Waals surface area (Å²) in [6, 6.07) is 6.66. The highest BCUT2D eigenvalue weighted by molar-refractivity contribution is 6.10. The molecular weight excluding hydrogens is 314 g/mol. The lowest BCUT2D eigenvalue weighted by Crippen LogP contribution is -2.29. The molecule has 2 rings (SSSR count). The molecular formula is C21H27NO3. The fourth-order valence-corrected chi connectivity index (χ4v) is 3.10. The highest BCUT2D eigenvalue weighted by Crippen LogP contribution is 2.39. The van der Waals surface area contributed by atoms with Crippen LogP contribution in [0.5, 0.6) is 0 Å². The van der Waals surface area contributed by atoms with E-state index in [0.717, 1.165) is 23.1 Å². The molecule has 0 saturated heterocycles. The minimum absolute atomic E-state index is 0.0967. The standard InChI is InChI=1S/C21H27NO3/c1-20(2,3)17-12-15(13-18(19(17)23)21(4,5)6)11-14-7-9-16(10-8-14)22(24)25/h7-10,12-13,15H,11H2,1-6H3. The predicted molar refractivity (Wildman–Crippen MR) is 100 cm³/mol. The SMILES string of the molecule is CC(C)(C)C1=CC(Cc2ccc([N+](=O)[O-])cc2)C=C(C(C)(C)C)C1=O. The third kappa shape index (κ3) is 4.44.